The quantitative estimate of drug-likeness (QED) is 0.255. The van der Waals surface area contributed by atoms with Crippen molar-refractivity contribution in [3.8, 4) is 17.2 Å². The minimum atomic E-state index is -0.717. The number of methoxy groups -OCH3 is 3. The highest BCUT2D eigenvalue weighted by Crippen LogP contribution is 2.38. The van der Waals surface area contributed by atoms with Gasteiger partial charge in [-0.05, 0) is 49.3 Å². The number of nitrogens with zero attached hydrogens (tertiary/aromatic N) is 1. The summed E-state index contributed by atoms with van der Waals surface area (Å²) >= 11 is 0. The second-order valence-electron chi connectivity index (χ2n) is 9.80. The Morgan fingerprint density at radius 1 is 0.949 bits per heavy atom. The maximum atomic E-state index is 13.1. The molecule has 0 bridgehead atoms. The van der Waals surface area contributed by atoms with Gasteiger partial charge in [-0.15, -0.1) is 0 Å². The van der Waals surface area contributed by atoms with Crippen LogP contribution in [0.3, 0.4) is 0 Å². The number of Topliss-reactive ketones (excluding diaryl/α,β-unsaturated/α-hetero) is 2. The topological polar surface area (TPSA) is 82.1 Å². The summed E-state index contributed by atoms with van der Waals surface area (Å²) in [7, 11) is 4.34. The van der Waals surface area contributed by atoms with Crippen molar-refractivity contribution < 1.29 is 28.6 Å². The molecule has 2 aromatic carbocycles. The molecule has 1 unspecified atom stereocenters. The maximum Gasteiger partial charge on any atom is 0.295 e. The van der Waals surface area contributed by atoms with Crippen LogP contribution in [0.25, 0.3) is 0 Å². The van der Waals surface area contributed by atoms with Gasteiger partial charge in [0.05, 0.1) is 27.4 Å². The molecule has 1 aliphatic heterocycles. The van der Waals surface area contributed by atoms with Crippen molar-refractivity contribution >= 4 is 17.5 Å². The summed E-state index contributed by atoms with van der Waals surface area (Å²) in [6, 6.07) is 12.2. The predicted octanol–water partition coefficient (Wildman–Crippen LogP) is 6.41. The standard InChI is InChI=1S/C24H27NO6.C6H14.C2H6/c1-15(26)19-11-17(10-16-8-6-5-7-9-16)14-25(19)24(28)22(27)18-12-20(29-2)23(31-4)21(13-18)30-3;1-4-5-6(2)3;1-2/h5-9,12-13,17,19H,10-11,14H2,1-4H3;6H,4-5H2,1-3H3;1-2H3/t17-,19?;;/m1../s1. The first-order chi connectivity index (χ1) is 18.7. The largest absolute Gasteiger partial charge is 0.493 e. The third-order valence-corrected chi connectivity index (χ3v) is 6.47. The molecule has 1 aliphatic rings. The molecular weight excluding hydrogens is 494 g/mol. The highest BCUT2D eigenvalue weighted by molar-refractivity contribution is 6.43. The number of carbonyl (C=O) groups excluding carboxylic acids is 3. The lowest BCUT2D eigenvalue weighted by Gasteiger charge is -2.22. The number of rotatable bonds is 10. The van der Waals surface area contributed by atoms with Gasteiger partial charge in [0.2, 0.25) is 5.75 Å². The summed E-state index contributed by atoms with van der Waals surface area (Å²) in [6.07, 6.45) is 3.99. The van der Waals surface area contributed by atoms with Crippen LogP contribution in [0.4, 0.5) is 0 Å². The molecular formula is C32H47NO6. The lowest BCUT2D eigenvalue weighted by Crippen LogP contribution is -2.43. The number of amides is 1. The van der Waals surface area contributed by atoms with Gasteiger partial charge in [-0.2, -0.15) is 0 Å². The van der Waals surface area contributed by atoms with E-state index < -0.39 is 17.7 Å². The SMILES string of the molecule is CC.CCCC(C)C.COc1cc(C(=O)C(=O)N2C[C@H](Cc3ccccc3)CC2C(C)=O)cc(OC)c1OC. The van der Waals surface area contributed by atoms with E-state index in [4.69, 9.17) is 14.2 Å². The summed E-state index contributed by atoms with van der Waals surface area (Å²) in [5, 5.41) is 0. The van der Waals surface area contributed by atoms with Crippen molar-refractivity contribution in [1.82, 2.24) is 4.90 Å². The van der Waals surface area contributed by atoms with Crippen LogP contribution in [0.15, 0.2) is 42.5 Å². The first-order valence-electron chi connectivity index (χ1n) is 13.9. The summed E-state index contributed by atoms with van der Waals surface area (Å²) in [5.74, 6) is 0.356. The highest BCUT2D eigenvalue weighted by Gasteiger charge is 2.40. The smallest absolute Gasteiger partial charge is 0.295 e. The number of hydrogen-bond donors (Lipinski definition) is 0. The van der Waals surface area contributed by atoms with Gasteiger partial charge < -0.3 is 19.1 Å². The van der Waals surface area contributed by atoms with Crippen molar-refractivity contribution in [1.29, 1.82) is 0 Å². The molecule has 39 heavy (non-hydrogen) atoms. The molecule has 2 aromatic rings. The lowest BCUT2D eigenvalue weighted by molar-refractivity contribution is -0.133. The number of carbonyl (C=O) groups is 3. The molecule has 216 valence electrons. The Labute approximate surface area is 234 Å². The fourth-order valence-electron chi connectivity index (χ4n) is 4.67. The Balaban J connectivity index is 0.000000839. The Kier molecular flexibility index (Phi) is 14.9. The van der Waals surface area contributed by atoms with Gasteiger partial charge in [-0.25, -0.2) is 0 Å². The van der Waals surface area contributed by atoms with Crippen molar-refractivity contribution in [2.45, 2.75) is 73.3 Å². The molecule has 7 nitrogen and oxygen atoms in total. The Morgan fingerprint density at radius 3 is 1.92 bits per heavy atom. The lowest BCUT2D eigenvalue weighted by atomic mass is 9.96. The van der Waals surface area contributed by atoms with Gasteiger partial charge in [-0.3, -0.25) is 14.4 Å². The van der Waals surface area contributed by atoms with Crippen LogP contribution in [0, 0.1) is 11.8 Å². The van der Waals surface area contributed by atoms with E-state index in [1.54, 1.807) is 0 Å². The van der Waals surface area contributed by atoms with E-state index in [0.717, 1.165) is 17.9 Å². The molecule has 0 aromatic heterocycles. The van der Waals surface area contributed by atoms with E-state index in [1.165, 1.54) is 58.1 Å². The fourth-order valence-corrected chi connectivity index (χ4v) is 4.67. The number of ether oxygens (including phenoxy) is 3. The van der Waals surface area contributed by atoms with Gasteiger partial charge >= 0.3 is 0 Å². The van der Waals surface area contributed by atoms with Crippen LogP contribution in [0.2, 0.25) is 0 Å². The van der Waals surface area contributed by atoms with Crippen molar-refractivity contribution in [3.63, 3.8) is 0 Å². The van der Waals surface area contributed by atoms with E-state index >= 15 is 0 Å². The van der Waals surface area contributed by atoms with Gasteiger partial charge in [-0.1, -0.05) is 77.8 Å². The van der Waals surface area contributed by atoms with Crippen molar-refractivity contribution in [2.75, 3.05) is 27.9 Å². The molecule has 0 saturated carbocycles. The van der Waals surface area contributed by atoms with Crippen LogP contribution < -0.4 is 14.2 Å². The normalized spacial score (nSPS) is 15.9. The minimum absolute atomic E-state index is 0.105. The first kappa shape index (κ1) is 33.7. The van der Waals surface area contributed by atoms with Crippen molar-refractivity contribution in [3.05, 3.63) is 53.6 Å². The molecule has 0 N–H and O–H groups in total. The highest BCUT2D eigenvalue weighted by atomic mass is 16.5. The molecule has 2 atom stereocenters. The minimum Gasteiger partial charge on any atom is -0.493 e. The number of benzene rings is 2. The monoisotopic (exact) mass is 541 g/mol. The third-order valence-electron chi connectivity index (χ3n) is 6.47. The van der Waals surface area contributed by atoms with Crippen molar-refractivity contribution in [2.24, 2.45) is 11.8 Å². The Morgan fingerprint density at radius 2 is 1.51 bits per heavy atom. The molecule has 0 radical (unpaired) electrons. The zero-order valence-corrected chi connectivity index (χ0v) is 25.2. The van der Waals surface area contributed by atoms with E-state index in [0.29, 0.717) is 18.7 Å². The second kappa shape index (κ2) is 17.3. The molecule has 1 saturated heterocycles. The van der Waals surface area contributed by atoms with E-state index in [2.05, 4.69) is 20.8 Å². The number of ketones is 2. The molecule has 0 spiro atoms. The van der Waals surface area contributed by atoms with Crippen LogP contribution in [0.5, 0.6) is 17.2 Å². The summed E-state index contributed by atoms with van der Waals surface area (Å²) in [4.78, 5) is 39.8. The van der Waals surface area contributed by atoms with Gasteiger partial charge in [0.1, 0.15) is 0 Å². The van der Waals surface area contributed by atoms with Crippen LogP contribution in [-0.4, -0.2) is 56.3 Å². The maximum absolute atomic E-state index is 13.1. The van der Waals surface area contributed by atoms with E-state index in [9.17, 15) is 14.4 Å². The molecule has 1 heterocycles. The third kappa shape index (κ3) is 9.72. The van der Waals surface area contributed by atoms with E-state index in [-0.39, 0.29) is 28.8 Å². The van der Waals surface area contributed by atoms with Crippen LogP contribution in [0.1, 0.15) is 76.7 Å². The fraction of sp³-hybridized carbons (Fsp3) is 0.531. The molecule has 3 rings (SSSR count). The average Bonchev–Trinajstić information content (AvgIpc) is 3.37. The van der Waals surface area contributed by atoms with Gasteiger partial charge in [0.25, 0.3) is 11.7 Å². The number of hydrogen-bond acceptors (Lipinski definition) is 6. The second-order valence-corrected chi connectivity index (χ2v) is 9.80. The average molecular weight is 542 g/mol. The molecule has 1 fully saturated rings. The van der Waals surface area contributed by atoms with Crippen LogP contribution >= 0.6 is 0 Å². The summed E-state index contributed by atoms with van der Waals surface area (Å²) in [5.41, 5.74) is 1.26. The summed E-state index contributed by atoms with van der Waals surface area (Å²) < 4.78 is 15.8. The van der Waals surface area contributed by atoms with E-state index in [1.807, 2.05) is 44.2 Å². The zero-order chi connectivity index (χ0) is 29.5. The molecule has 1 amide bonds. The summed E-state index contributed by atoms with van der Waals surface area (Å²) in [6.45, 7) is 12.5. The Bertz CT molecular complexity index is 1020. The Hall–Kier alpha value is -3.35. The molecule has 7 heteroatoms. The van der Waals surface area contributed by atoms with Crippen LogP contribution in [-0.2, 0) is 16.0 Å². The van der Waals surface area contributed by atoms with Gasteiger partial charge in [0, 0.05) is 12.1 Å². The zero-order valence-electron chi connectivity index (χ0n) is 25.2. The van der Waals surface area contributed by atoms with Gasteiger partial charge in [0.15, 0.2) is 17.3 Å². The first-order valence-corrected chi connectivity index (χ1v) is 13.9. The number of likely N-dealkylation sites (tertiary alicyclic amines) is 1. The molecule has 0 aliphatic carbocycles. The predicted molar refractivity (Wildman–Crippen MR) is 156 cm³/mol.